The summed E-state index contributed by atoms with van der Waals surface area (Å²) in [5, 5.41) is 1.30. The van der Waals surface area contributed by atoms with Gasteiger partial charge in [-0.15, -0.1) is 0 Å². The van der Waals surface area contributed by atoms with E-state index in [0.29, 0.717) is 42.1 Å². The maximum atomic E-state index is 13.3. The van der Waals surface area contributed by atoms with Crippen molar-refractivity contribution in [2.75, 3.05) is 6.73 Å². The van der Waals surface area contributed by atoms with Gasteiger partial charge in [-0.1, -0.05) is 60.1 Å². The molecule has 0 aliphatic carbocycles. The highest BCUT2D eigenvalue weighted by atomic mass is 35.5. The average molecular weight is 418 g/mol. The summed E-state index contributed by atoms with van der Waals surface area (Å²) in [4.78, 5) is 15.5. The van der Waals surface area contributed by atoms with Crippen molar-refractivity contribution < 1.29 is 9.15 Å². The maximum Gasteiger partial charge on any atom is 0.200 e. The van der Waals surface area contributed by atoms with E-state index in [1.54, 1.807) is 6.07 Å². The van der Waals surface area contributed by atoms with Gasteiger partial charge in [0.25, 0.3) is 0 Å². The van der Waals surface area contributed by atoms with Crippen molar-refractivity contribution in [3.63, 3.8) is 0 Å². The van der Waals surface area contributed by atoms with E-state index in [0.717, 1.165) is 27.5 Å². The number of fused-ring (bicyclic) bond motifs is 3. The molecule has 2 heterocycles. The van der Waals surface area contributed by atoms with Crippen LogP contribution in [0.3, 0.4) is 0 Å². The smallest absolute Gasteiger partial charge is 0.200 e. The van der Waals surface area contributed by atoms with E-state index in [9.17, 15) is 4.79 Å². The van der Waals surface area contributed by atoms with Crippen molar-refractivity contribution in [1.82, 2.24) is 4.90 Å². The quantitative estimate of drug-likeness (QED) is 0.424. The molecule has 0 radical (unpaired) electrons. The first-order chi connectivity index (χ1) is 14.6. The predicted octanol–water partition coefficient (Wildman–Crippen LogP) is 5.77. The molecule has 1 aliphatic heterocycles. The van der Waals surface area contributed by atoms with Gasteiger partial charge < -0.3 is 9.15 Å². The Bertz CT molecular complexity index is 1300. The minimum Gasteiger partial charge on any atom is -0.478 e. The van der Waals surface area contributed by atoms with Crippen LogP contribution in [0.15, 0.2) is 75.9 Å². The fourth-order valence-electron chi connectivity index (χ4n) is 4.03. The summed E-state index contributed by atoms with van der Waals surface area (Å²) in [5.41, 5.74) is 3.97. The summed E-state index contributed by atoms with van der Waals surface area (Å²) in [5.74, 6) is 1.36. The Morgan fingerprint density at radius 2 is 1.77 bits per heavy atom. The third-order valence-electron chi connectivity index (χ3n) is 5.50. The van der Waals surface area contributed by atoms with Gasteiger partial charge in [0, 0.05) is 18.1 Å². The van der Waals surface area contributed by atoms with Crippen LogP contribution in [0.25, 0.3) is 22.1 Å². The molecular weight excluding hydrogens is 398 g/mol. The van der Waals surface area contributed by atoms with Crippen LogP contribution >= 0.6 is 11.6 Å². The molecule has 0 amide bonds. The highest BCUT2D eigenvalue weighted by molar-refractivity contribution is 6.31. The number of ether oxygens (including phenoxy) is 1. The molecule has 0 atom stereocenters. The van der Waals surface area contributed by atoms with Crippen molar-refractivity contribution in [1.29, 1.82) is 0 Å². The molecule has 3 aromatic carbocycles. The monoisotopic (exact) mass is 417 g/mol. The molecule has 0 N–H and O–H groups in total. The van der Waals surface area contributed by atoms with Crippen LogP contribution in [-0.2, 0) is 13.1 Å². The van der Waals surface area contributed by atoms with Gasteiger partial charge in [0.2, 0.25) is 5.43 Å². The van der Waals surface area contributed by atoms with Gasteiger partial charge in [-0.3, -0.25) is 9.69 Å². The fourth-order valence-corrected chi connectivity index (χ4v) is 4.22. The minimum atomic E-state index is -0.0222. The summed E-state index contributed by atoms with van der Waals surface area (Å²) in [6, 6.07) is 21.1. The largest absolute Gasteiger partial charge is 0.478 e. The van der Waals surface area contributed by atoms with Crippen LogP contribution in [0.2, 0.25) is 5.02 Å². The molecule has 0 fully saturated rings. The van der Waals surface area contributed by atoms with Gasteiger partial charge in [-0.2, -0.15) is 0 Å². The lowest BCUT2D eigenvalue weighted by atomic mass is 10.0. The zero-order valence-electron chi connectivity index (χ0n) is 16.5. The number of benzene rings is 3. The first-order valence-corrected chi connectivity index (χ1v) is 10.2. The molecule has 4 nitrogen and oxygen atoms in total. The lowest BCUT2D eigenvalue weighted by Crippen LogP contribution is -2.32. The van der Waals surface area contributed by atoms with Crippen LogP contribution in [0.1, 0.15) is 16.9 Å². The topological polar surface area (TPSA) is 42.7 Å². The molecule has 30 heavy (non-hydrogen) atoms. The summed E-state index contributed by atoms with van der Waals surface area (Å²) in [6.45, 7) is 3.56. The number of hydrogen-bond acceptors (Lipinski definition) is 4. The molecule has 0 spiro atoms. The SMILES string of the molecule is Cc1oc2c3c(ccc2c(=O)c1-c1ccccc1)OCN(Cc1ccccc1Cl)C3. The van der Waals surface area contributed by atoms with Gasteiger partial charge in [0.05, 0.1) is 16.5 Å². The molecule has 5 heteroatoms. The first-order valence-electron chi connectivity index (χ1n) is 9.85. The lowest BCUT2D eigenvalue weighted by molar-refractivity contribution is 0.0890. The molecule has 4 aromatic rings. The van der Waals surface area contributed by atoms with E-state index in [1.165, 1.54) is 0 Å². The molecule has 5 rings (SSSR count). The van der Waals surface area contributed by atoms with Gasteiger partial charge in [0.1, 0.15) is 23.8 Å². The Morgan fingerprint density at radius 1 is 1.00 bits per heavy atom. The van der Waals surface area contributed by atoms with Gasteiger partial charge >= 0.3 is 0 Å². The second-order valence-electron chi connectivity index (χ2n) is 7.50. The highest BCUT2D eigenvalue weighted by Gasteiger charge is 2.24. The Labute approximate surface area is 179 Å². The Balaban J connectivity index is 1.58. The Hall–Kier alpha value is -3.08. The van der Waals surface area contributed by atoms with Crippen LogP contribution in [0, 0.1) is 6.92 Å². The predicted molar refractivity (Wildman–Crippen MR) is 119 cm³/mol. The van der Waals surface area contributed by atoms with Gasteiger partial charge in [0.15, 0.2) is 0 Å². The van der Waals surface area contributed by atoms with Crippen LogP contribution in [0.4, 0.5) is 0 Å². The van der Waals surface area contributed by atoms with Crippen molar-refractivity contribution in [2.24, 2.45) is 0 Å². The molecular formula is C25H20ClNO3. The molecule has 150 valence electrons. The normalized spacial score (nSPS) is 13.8. The zero-order chi connectivity index (χ0) is 20.7. The third kappa shape index (κ3) is 3.28. The van der Waals surface area contributed by atoms with Crippen LogP contribution in [-0.4, -0.2) is 11.6 Å². The van der Waals surface area contributed by atoms with Crippen molar-refractivity contribution in [3.05, 3.63) is 98.9 Å². The minimum absolute atomic E-state index is 0.0222. The summed E-state index contributed by atoms with van der Waals surface area (Å²) < 4.78 is 12.2. The zero-order valence-corrected chi connectivity index (χ0v) is 17.3. The van der Waals surface area contributed by atoms with E-state index in [1.807, 2.05) is 67.6 Å². The van der Waals surface area contributed by atoms with E-state index >= 15 is 0 Å². The van der Waals surface area contributed by atoms with Crippen molar-refractivity contribution in [2.45, 2.75) is 20.0 Å². The van der Waals surface area contributed by atoms with E-state index in [-0.39, 0.29) is 5.43 Å². The molecule has 1 aromatic heterocycles. The van der Waals surface area contributed by atoms with Crippen molar-refractivity contribution >= 4 is 22.6 Å². The average Bonchev–Trinajstić information content (AvgIpc) is 2.76. The van der Waals surface area contributed by atoms with E-state index in [2.05, 4.69) is 4.90 Å². The molecule has 1 aliphatic rings. The second kappa shape index (κ2) is 7.63. The number of aryl methyl sites for hydroxylation is 1. The summed E-state index contributed by atoms with van der Waals surface area (Å²) in [7, 11) is 0. The highest BCUT2D eigenvalue weighted by Crippen LogP contribution is 2.34. The third-order valence-corrected chi connectivity index (χ3v) is 5.86. The Kier molecular flexibility index (Phi) is 4.81. The summed E-state index contributed by atoms with van der Waals surface area (Å²) in [6.07, 6.45) is 0. The molecule has 0 saturated carbocycles. The fraction of sp³-hybridized carbons (Fsp3) is 0.160. The number of hydrogen-bond donors (Lipinski definition) is 0. The number of nitrogens with zero attached hydrogens (tertiary/aromatic N) is 1. The first kappa shape index (κ1) is 18.9. The second-order valence-corrected chi connectivity index (χ2v) is 7.91. The molecule has 0 unspecified atom stereocenters. The maximum absolute atomic E-state index is 13.3. The molecule has 0 saturated heterocycles. The lowest BCUT2D eigenvalue weighted by Gasteiger charge is -2.29. The van der Waals surface area contributed by atoms with Crippen molar-refractivity contribution in [3.8, 4) is 16.9 Å². The van der Waals surface area contributed by atoms with Crippen LogP contribution < -0.4 is 10.2 Å². The Morgan fingerprint density at radius 3 is 2.57 bits per heavy atom. The van der Waals surface area contributed by atoms with Crippen LogP contribution in [0.5, 0.6) is 5.75 Å². The number of halogens is 1. The summed E-state index contributed by atoms with van der Waals surface area (Å²) >= 11 is 6.33. The standard InChI is InChI=1S/C25H20ClNO3/c1-16-23(17-7-3-2-4-8-17)24(28)19-11-12-22-20(25(19)30-16)14-27(15-29-22)13-18-9-5-6-10-21(18)26/h2-12H,13-15H2,1H3. The number of rotatable bonds is 3. The molecule has 0 bridgehead atoms. The van der Waals surface area contributed by atoms with E-state index in [4.69, 9.17) is 20.8 Å². The van der Waals surface area contributed by atoms with Gasteiger partial charge in [-0.25, -0.2) is 0 Å². The van der Waals surface area contributed by atoms with Gasteiger partial charge in [-0.05, 0) is 36.2 Å². The van der Waals surface area contributed by atoms with E-state index < -0.39 is 0 Å².